The van der Waals surface area contributed by atoms with E-state index in [9.17, 15) is 14.0 Å². The number of imidazole rings is 1. The molecule has 0 spiro atoms. The van der Waals surface area contributed by atoms with Crippen LogP contribution in [0.15, 0.2) is 18.2 Å². The smallest absolute Gasteiger partial charge is 0.251 e. The Morgan fingerprint density at radius 1 is 1.36 bits per heavy atom. The van der Waals surface area contributed by atoms with E-state index in [0.717, 1.165) is 22.9 Å². The zero-order valence-corrected chi connectivity index (χ0v) is 14.2. The lowest BCUT2D eigenvalue weighted by atomic mass is 10.1. The van der Waals surface area contributed by atoms with Crippen LogP contribution in [0.2, 0.25) is 0 Å². The Labute approximate surface area is 146 Å². The number of nitrogens with zero attached hydrogens (tertiary/aromatic N) is 2. The van der Waals surface area contributed by atoms with Crippen molar-refractivity contribution in [2.24, 2.45) is 5.73 Å². The van der Waals surface area contributed by atoms with Crippen LogP contribution in [0.1, 0.15) is 27.7 Å². The molecule has 2 amide bonds. The average Bonchev–Trinajstić information content (AvgIpc) is 3.16. The number of primary amides is 1. The van der Waals surface area contributed by atoms with Gasteiger partial charge in [-0.05, 0) is 30.2 Å². The molecule has 2 aromatic heterocycles. The Morgan fingerprint density at radius 2 is 2.16 bits per heavy atom. The molecule has 3 aromatic rings. The lowest BCUT2D eigenvalue weighted by Gasteiger charge is -2.25. The van der Waals surface area contributed by atoms with Gasteiger partial charge in [0, 0.05) is 24.9 Å². The molecule has 0 fully saturated rings. The second kappa shape index (κ2) is 5.66. The number of aromatic amines is 1. The zero-order valence-electron chi connectivity index (χ0n) is 13.4. The molecule has 0 unspecified atom stereocenters. The highest BCUT2D eigenvalue weighted by molar-refractivity contribution is 7.15. The number of benzene rings is 1. The molecule has 0 saturated carbocycles. The zero-order chi connectivity index (χ0) is 17.7. The maximum Gasteiger partial charge on any atom is 0.251 e. The predicted molar refractivity (Wildman–Crippen MR) is 92.7 cm³/mol. The standard InChI is InChI=1S/C17H15FN4O2S/c1-8(23)22-3-2-13-9(7-22)4-14(25-13)17-20-12-6-10(18)5-11(16(19)24)15(12)21-17/h4-6H,2-3,7H2,1H3,(H2,19,24)(H,20,21). The molecule has 6 nitrogen and oxygen atoms in total. The number of rotatable bonds is 2. The van der Waals surface area contributed by atoms with Crippen LogP contribution < -0.4 is 5.73 Å². The molecule has 0 saturated heterocycles. The van der Waals surface area contributed by atoms with Crippen molar-refractivity contribution >= 4 is 34.2 Å². The number of nitrogens with one attached hydrogen (secondary N) is 1. The van der Waals surface area contributed by atoms with Gasteiger partial charge in [0.05, 0.1) is 16.0 Å². The molecular formula is C17H15FN4O2S. The summed E-state index contributed by atoms with van der Waals surface area (Å²) in [5, 5.41) is 0. The molecule has 0 aliphatic carbocycles. The molecular weight excluding hydrogens is 343 g/mol. The number of thiophene rings is 1. The number of fused-ring (bicyclic) bond motifs is 2. The molecule has 1 aliphatic heterocycles. The minimum Gasteiger partial charge on any atom is -0.366 e. The molecule has 0 atom stereocenters. The Morgan fingerprint density at radius 3 is 2.88 bits per heavy atom. The fraction of sp³-hybridized carbons (Fsp3) is 0.235. The van der Waals surface area contributed by atoms with E-state index in [2.05, 4.69) is 9.97 Å². The van der Waals surface area contributed by atoms with Gasteiger partial charge in [-0.3, -0.25) is 9.59 Å². The maximum atomic E-state index is 13.7. The number of hydrogen-bond acceptors (Lipinski definition) is 4. The Bertz CT molecular complexity index is 1020. The van der Waals surface area contributed by atoms with Gasteiger partial charge in [-0.25, -0.2) is 9.37 Å². The summed E-state index contributed by atoms with van der Waals surface area (Å²) in [6.45, 7) is 2.86. The Hall–Kier alpha value is -2.74. The largest absolute Gasteiger partial charge is 0.366 e. The van der Waals surface area contributed by atoms with Crippen LogP contribution >= 0.6 is 11.3 Å². The maximum absolute atomic E-state index is 13.7. The Balaban J connectivity index is 1.77. The lowest BCUT2D eigenvalue weighted by Crippen LogP contribution is -2.33. The van der Waals surface area contributed by atoms with Crippen molar-refractivity contribution in [2.75, 3.05) is 6.54 Å². The van der Waals surface area contributed by atoms with E-state index in [0.29, 0.717) is 29.9 Å². The third kappa shape index (κ3) is 2.68. The molecule has 25 heavy (non-hydrogen) atoms. The van der Waals surface area contributed by atoms with Gasteiger partial charge in [-0.15, -0.1) is 11.3 Å². The van der Waals surface area contributed by atoms with Crippen molar-refractivity contribution in [3.05, 3.63) is 40.0 Å². The molecule has 8 heteroatoms. The second-order valence-electron chi connectivity index (χ2n) is 6.05. The SMILES string of the molecule is CC(=O)N1CCc2sc(-c3nc4c(C(N)=O)cc(F)cc4[nH]3)cc2C1. The number of hydrogen-bond donors (Lipinski definition) is 2. The van der Waals surface area contributed by atoms with Gasteiger partial charge in [0.15, 0.2) is 0 Å². The van der Waals surface area contributed by atoms with Gasteiger partial charge < -0.3 is 15.6 Å². The quantitative estimate of drug-likeness (QED) is 0.737. The Kier molecular flexibility index (Phi) is 3.57. The van der Waals surface area contributed by atoms with Gasteiger partial charge in [0.2, 0.25) is 5.91 Å². The first-order chi connectivity index (χ1) is 11.9. The van der Waals surface area contributed by atoms with E-state index in [1.165, 1.54) is 10.9 Å². The number of aromatic nitrogens is 2. The highest BCUT2D eigenvalue weighted by Crippen LogP contribution is 2.34. The van der Waals surface area contributed by atoms with Crippen LogP contribution in [-0.4, -0.2) is 33.2 Å². The van der Waals surface area contributed by atoms with Crippen LogP contribution in [0.4, 0.5) is 4.39 Å². The monoisotopic (exact) mass is 358 g/mol. The van der Waals surface area contributed by atoms with E-state index in [1.54, 1.807) is 23.2 Å². The van der Waals surface area contributed by atoms with Crippen molar-refractivity contribution in [1.82, 2.24) is 14.9 Å². The van der Waals surface area contributed by atoms with Crippen LogP contribution in [0.5, 0.6) is 0 Å². The van der Waals surface area contributed by atoms with E-state index in [-0.39, 0.29) is 11.5 Å². The summed E-state index contributed by atoms with van der Waals surface area (Å²) in [5.74, 6) is -0.634. The van der Waals surface area contributed by atoms with Crippen molar-refractivity contribution < 1.29 is 14.0 Å². The normalized spacial score (nSPS) is 13.9. The summed E-state index contributed by atoms with van der Waals surface area (Å²) >= 11 is 1.59. The third-order valence-corrected chi connectivity index (χ3v) is 5.61. The van der Waals surface area contributed by atoms with Gasteiger partial charge in [-0.2, -0.15) is 0 Å². The predicted octanol–water partition coefficient (Wildman–Crippen LogP) is 2.43. The summed E-state index contributed by atoms with van der Waals surface area (Å²) in [6.07, 6.45) is 0.807. The first kappa shape index (κ1) is 15.8. The molecule has 3 N–H and O–H groups in total. The molecule has 0 bridgehead atoms. The van der Waals surface area contributed by atoms with E-state index >= 15 is 0 Å². The number of amides is 2. The van der Waals surface area contributed by atoms with E-state index in [4.69, 9.17) is 5.73 Å². The average molecular weight is 358 g/mol. The first-order valence-electron chi connectivity index (χ1n) is 7.79. The first-order valence-corrected chi connectivity index (χ1v) is 8.60. The van der Waals surface area contributed by atoms with Crippen LogP contribution in [0.3, 0.4) is 0 Å². The van der Waals surface area contributed by atoms with Crippen LogP contribution in [0, 0.1) is 5.82 Å². The highest BCUT2D eigenvalue weighted by atomic mass is 32.1. The van der Waals surface area contributed by atoms with Gasteiger partial charge in [-0.1, -0.05) is 0 Å². The molecule has 4 rings (SSSR count). The second-order valence-corrected chi connectivity index (χ2v) is 7.19. The topological polar surface area (TPSA) is 92.1 Å². The summed E-state index contributed by atoms with van der Waals surface area (Å²) in [5.41, 5.74) is 7.28. The summed E-state index contributed by atoms with van der Waals surface area (Å²) in [4.78, 5) is 34.5. The number of carbonyl (C=O) groups is 2. The fourth-order valence-corrected chi connectivity index (χ4v) is 4.21. The number of halogens is 1. The lowest BCUT2D eigenvalue weighted by molar-refractivity contribution is -0.129. The van der Waals surface area contributed by atoms with Gasteiger partial charge in [0.1, 0.15) is 17.2 Å². The van der Waals surface area contributed by atoms with E-state index < -0.39 is 11.7 Å². The number of carbonyl (C=O) groups excluding carboxylic acids is 2. The van der Waals surface area contributed by atoms with Crippen molar-refractivity contribution in [2.45, 2.75) is 19.9 Å². The molecule has 1 aliphatic rings. The number of nitrogens with two attached hydrogens (primary N) is 1. The highest BCUT2D eigenvalue weighted by Gasteiger charge is 2.22. The van der Waals surface area contributed by atoms with E-state index in [1.807, 2.05) is 6.07 Å². The molecule has 128 valence electrons. The van der Waals surface area contributed by atoms with Crippen molar-refractivity contribution in [3.63, 3.8) is 0 Å². The fourth-order valence-electron chi connectivity index (χ4n) is 3.11. The van der Waals surface area contributed by atoms with Gasteiger partial charge in [0.25, 0.3) is 5.91 Å². The van der Waals surface area contributed by atoms with Crippen LogP contribution in [0.25, 0.3) is 21.7 Å². The van der Waals surface area contributed by atoms with Crippen molar-refractivity contribution in [1.29, 1.82) is 0 Å². The summed E-state index contributed by atoms with van der Waals surface area (Å²) in [6, 6.07) is 4.38. The van der Waals surface area contributed by atoms with Crippen molar-refractivity contribution in [3.8, 4) is 10.7 Å². The number of H-pyrrole nitrogens is 1. The molecule has 3 heterocycles. The summed E-state index contributed by atoms with van der Waals surface area (Å²) < 4.78 is 13.7. The van der Waals surface area contributed by atoms with Gasteiger partial charge >= 0.3 is 0 Å². The minimum absolute atomic E-state index is 0.0570. The minimum atomic E-state index is -0.717. The molecule has 0 radical (unpaired) electrons. The summed E-state index contributed by atoms with van der Waals surface area (Å²) in [7, 11) is 0. The van der Waals surface area contributed by atoms with Crippen LogP contribution in [-0.2, 0) is 17.8 Å². The molecule has 1 aromatic carbocycles. The third-order valence-electron chi connectivity index (χ3n) is 4.36.